The Kier molecular flexibility index (Phi) is 6.30. The Morgan fingerprint density at radius 3 is 2.53 bits per heavy atom. The smallest absolute Gasteiger partial charge is 0.303 e. The largest absolute Gasteiger partial charge is 0.459 e. The number of rotatable bonds is 6. The number of carbonyl (C=O) groups excluding carboxylic acids is 2. The molecule has 0 radical (unpaired) electrons. The number of ketones is 1. The normalized spacial score (nSPS) is 12.4. The number of carbonyl (C=O) groups is 2. The van der Waals surface area contributed by atoms with Crippen LogP contribution in [0.1, 0.15) is 37.0 Å². The van der Waals surface area contributed by atoms with E-state index in [1.165, 1.54) is 6.92 Å². The van der Waals surface area contributed by atoms with E-state index in [-0.39, 0.29) is 17.9 Å². The van der Waals surface area contributed by atoms with E-state index in [1.54, 1.807) is 37.3 Å². The van der Waals surface area contributed by atoms with Gasteiger partial charge in [0.1, 0.15) is 6.10 Å². The maximum atomic E-state index is 11.8. The minimum atomic E-state index is -0.311. The average molecular weight is 281 g/mol. The third kappa shape index (κ3) is 6.20. The highest BCUT2D eigenvalue weighted by molar-refractivity contribution is 6.30. The minimum Gasteiger partial charge on any atom is -0.459 e. The van der Waals surface area contributed by atoms with Crippen molar-refractivity contribution >= 4 is 23.4 Å². The second-order valence-corrected chi connectivity index (χ2v) is 4.65. The fraction of sp³-hybridized carbons (Fsp3) is 0.333. The maximum absolute atomic E-state index is 11.8. The molecule has 0 amide bonds. The van der Waals surface area contributed by atoms with Gasteiger partial charge in [0.05, 0.1) is 0 Å². The summed E-state index contributed by atoms with van der Waals surface area (Å²) < 4.78 is 4.93. The van der Waals surface area contributed by atoms with Gasteiger partial charge < -0.3 is 4.74 Å². The van der Waals surface area contributed by atoms with E-state index in [4.69, 9.17) is 16.3 Å². The van der Waals surface area contributed by atoms with Crippen LogP contribution >= 0.6 is 11.6 Å². The minimum absolute atomic E-state index is 0.0708. The molecule has 0 spiro atoms. The molecule has 0 aliphatic heterocycles. The van der Waals surface area contributed by atoms with Crippen molar-refractivity contribution in [2.75, 3.05) is 0 Å². The molecular weight excluding hydrogens is 264 g/mol. The lowest BCUT2D eigenvalue weighted by molar-refractivity contribution is -0.143. The highest BCUT2D eigenvalue weighted by Crippen LogP contribution is 2.12. The van der Waals surface area contributed by atoms with Gasteiger partial charge in [-0.15, -0.1) is 0 Å². The molecule has 0 fully saturated rings. The van der Waals surface area contributed by atoms with E-state index in [0.717, 1.165) is 0 Å². The lowest BCUT2D eigenvalue weighted by Crippen LogP contribution is -2.08. The van der Waals surface area contributed by atoms with E-state index < -0.39 is 0 Å². The van der Waals surface area contributed by atoms with Crippen molar-refractivity contribution in [3.05, 3.63) is 47.0 Å². The fourth-order valence-corrected chi connectivity index (χ4v) is 1.71. The van der Waals surface area contributed by atoms with Crippen molar-refractivity contribution in [2.24, 2.45) is 0 Å². The van der Waals surface area contributed by atoms with Crippen LogP contribution in [0.2, 0.25) is 5.02 Å². The van der Waals surface area contributed by atoms with Crippen LogP contribution in [0.15, 0.2) is 36.4 Å². The second-order valence-electron chi connectivity index (χ2n) is 4.21. The first-order chi connectivity index (χ1) is 8.99. The number of allylic oxidation sites excluding steroid dienone is 1. The molecule has 19 heavy (non-hydrogen) atoms. The summed E-state index contributed by atoms with van der Waals surface area (Å²) in [6.45, 7) is 3.15. The van der Waals surface area contributed by atoms with Crippen LogP contribution in [0.3, 0.4) is 0 Å². The molecule has 3 nitrogen and oxygen atoms in total. The zero-order valence-electron chi connectivity index (χ0n) is 11.1. The Bertz CT molecular complexity index is 463. The number of hydrogen-bond acceptors (Lipinski definition) is 3. The van der Waals surface area contributed by atoms with Crippen LogP contribution < -0.4 is 0 Å². The summed E-state index contributed by atoms with van der Waals surface area (Å²) in [5.41, 5.74) is 0.658. The number of hydrogen-bond donors (Lipinski definition) is 0. The van der Waals surface area contributed by atoms with Gasteiger partial charge in [0.15, 0.2) is 5.78 Å². The molecule has 1 unspecified atom stereocenters. The van der Waals surface area contributed by atoms with E-state index in [9.17, 15) is 9.59 Å². The number of esters is 1. The molecule has 0 saturated heterocycles. The van der Waals surface area contributed by atoms with Gasteiger partial charge in [-0.05, 0) is 43.7 Å². The van der Waals surface area contributed by atoms with Crippen LogP contribution in [0.25, 0.3) is 0 Å². The number of Topliss-reactive ketones (excluding diaryl/α,β-unsaturated/α-hetero) is 1. The predicted octanol–water partition coefficient (Wildman–Crippen LogP) is 3.81. The molecule has 0 aliphatic rings. The van der Waals surface area contributed by atoms with Gasteiger partial charge in [0.2, 0.25) is 0 Å². The maximum Gasteiger partial charge on any atom is 0.303 e. The van der Waals surface area contributed by atoms with Crippen molar-refractivity contribution in [3.8, 4) is 0 Å². The van der Waals surface area contributed by atoms with E-state index in [0.29, 0.717) is 23.4 Å². The Balaban J connectivity index is 2.36. The topological polar surface area (TPSA) is 43.4 Å². The monoisotopic (exact) mass is 280 g/mol. The van der Waals surface area contributed by atoms with Crippen molar-refractivity contribution in [1.82, 2.24) is 0 Å². The van der Waals surface area contributed by atoms with Crippen molar-refractivity contribution in [1.29, 1.82) is 0 Å². The summed E-state index contributed by atoms with van der Waals surface area (Å²) in [4.78, 5) is 22.5. The molecule has 0 aromatic heterocycles. The van der Waals surface area contributed by atoms with Crippen LogP contribution in [0.5, 0.6) is 0 Å². The van der Waals surface area contributed by atoms with Gasteiger partial charge in [0.25, 0.3) is 0 Å². The predicted molar refractivity (Wildman–Crippen MR) is 75.4 cm³/mol. The zero-order chi connectivity index (χ0) is 14.3. The number of benzene rings is 1. The molecule has 0 bridgehead atoms. The van der Waals surface area contributed by atoms with Gasteiger partial charge in [-0.3, -0.25) is 9.59 Å². The zero-order valence-corrected chi connectivity index (χ0v) is 11.8. The van der Waals surface area contributed by atoms with Gasteiger partial charge >= 0.3 is 5.97 Å². The Morgan fingerprint density at radius 1 is 1.32 bits per heavy atom. The molecule has 4 heteroatoms. The fourth-order valence-electron chi connectivity index (χ4n) is 1.58. The van der Waals surface area contributed by atoms with Gasteiger partial charge in [-0.25, -0.2) is 0 Å². The molecule has 0 heterocycles. The molecule has 1 aromatic rings. The molecule has 1 aromatic carbocycles. The van der Waals surface area contributed by atoms with Gasteiger partial charge in [0, 0.05) is 23.9 Å². The van der Waals surface area contributed by atoms with Crippen LogP contribution in [0, 0.1) is 0 Å². The number of halogens is 1. The Hall–Kier alpha value is -1.61. The molecular formula is C15H17ClO3. The molecule has 0 N–H and O–H groups in total. The first-order valence-electron chi connectivity index (χ1n) is 6.11. The highest BCUT2D eigenvalue weighted by Gasteiger charge is 2.04. The number of ether oxygens (including phenoxy) is 1. The first-order valence-corrected chi connectivity index (χ1v) is 6.49. The van der Waals surface area contributed by atoms with E-state index in [1.807, 2.05) is 6.08 Å². The summed E-state index contributed by atoms with van der Waals surface area (Å²) in [5, 5.41) is 0.617. The lowest BCUT2D eigenvalue weighted by Gasteiger charge is -2.05. The third-order valence-electron chi connectivity index (χ3n) is 2.46. The second kappa shape index (κ2) is 7.74. The summed E-state index contributed by atoms with van der Waals surface area (Å²) in [6.07, 6.45) is 4.40. The van der Waals surface area contributed by atoms with E-state index in [2.05, 4.69) is 0 Å². The van der Waals surface area contributed by atoms with E-state index >= 15 is 0 Å². The third-order valence-corrected chi connectivity index (χ3v) is 2.72. The molecule has 1 rings (SSSR count). The van der Waals surface area contributed by atoms with Gasteiger partial charge in [-0.2, -0.15) is 0 Å². The SMILES string of the molecule is CC(=O)OC(C)/C=C/CCC(=O)c1ccc(Cl)cc1. The molecule has 0 saturated carbocycles. The molecule has 1 atom stereocenters. The van der Waals surface area contributed by atoms with Crippen molar-refractivity contribution in [3.63, 3.8) is 0 Å². The van der Waals surface area contributed by atoms with Crippen LogP contribution in [-0.4, -0.2) is 17.9 Å². The standard InChI is InChI=1S/C15H17ClO3/c1-11(19-12(2)17)5-3-4-6-15(18)13-7-9-14(16)10-8-13/h3,5,7-11H,4,6H2,1-2H3/b5-3+. The summed E-state index contributed by atoms with van der Waals surface area (Å²) in [6, 6.07) is 6.84. The Morgan fingerprint density at radius 2 is 1.95 bits per heavy atom. The summed E-state index contributed by atoms with van der Waals surface area (Å²) >= 11 is 5.76. The highest BCUT2D eigenvalue weighted by atomic mass is 35.5. The lowest BCUT2D eigenvalue weighted by atomic mass is 10.1. The summed E-state index contributed by atoms with van der Waals surface area (Å²) in [7, 11) is 0. The van der Waals surface area contributed by atoms with Crippen LogP contribution in [-0.2, 0) is 9.53 Å². The first kappa shape index (κ1) is 15.4. The van der Waals surface area contributed by atoms with Gasteiger partial charge in [-0.1, -0.05) is 17.7 Å². The van der Waals surface area contributed by atoms with Crippen molar-refractivity contribution < 1.29 is 14.3 Å². The average Bonchev–Trinajstić information content (AvgIpc) is 2.34. The summed E-state index contributed by atoms with van der Waals surface area (Å²) in [5.74, 6) is -0.240. The quantitative estimate of drug-likeness (QED) is 0.452. The molecule has 102 valence electrons. The molecule has 0 aliphatic carbocycles. The van der Waals surface area contributed by atoms with Crippen molar-refractivity contribution in [2.45, 2.75) is 32.8 Å². The Labute approximate surface area is 118 Å². The van der Waals surface area contributed by atoms with Crippen LogP contribution in [0.4, 0.5) is 0 Å².